The maximum Gasteiger partial charge on any atom is 0.335 e. The summed E-state index contributed by atoms with van der Waals surface area (Å²) >= 11 is 0. The molecule has 1 aromatic carbocycles. The van der Waals surface area contributed by atoms with Crippen molar-refractivity contribution in [3.05, 3.63) is 33.9 Å². The summed E-state index contributed by atoms with van der Waals surface area (Å²) in [6.07, 6.45) is 3.41. The van der Waals surface area contributed by atoms with Crippen LogP contribution in [0.15, 0.2) is 18.2 Å². The van der Waals surface area contributed by atoms with Crippen LogP contribution in [0.5, 0.6) is 0 Å². The van der Waals surface area contributed by atoms with Gasteiger partial charge >= 0.3 is 5.97 Å². The first-order chi connectivity index (χ1) is 8.58. The Morgan fingerprint density at radius 1 is 1.50 bits per heavy atom. The minimum Gasteiger partial charge on any atom is -0.478 e. The van der Waals surface area contributed by atoms with E-state index >= 15 is 0 Å². The fourth-order valence-electron chi connectivity index (χ4n) is 1.79. The van der Waals surface area contributed by atoms with Crippen molar-refractivity contribution in [2.24, 2.45) is 5.92 Å². The van der Waals surface area contributed by atoms with E-state index in [0.717, 1.165) is 12.3 Å². The quantitative estimate of drug-likeness (QED) is 0.597. The molecule has 0 heterocycles. The summed E-state index contributed by atoms with van der Waals surface area (Å²) in [5, 5.41) is 22.7. The molecule has 0 spiro atoms. The number of carboxylic acid groups (broad SMARTS) is 1. The summed E-state index contributed by atoms with van der Waals surface area (Å²) in [5.41, 5.74) is 0.242. The number of aromatic carboxylic acids is 1. The number of nitrogens with zero attached hydrogens (tertiary/aromatic N) is 1. The summed E-state index contributed by atoms with van der Waals surface area (Å²) < 4.78 is 0. The highest BCUT2D eigenvalue weighted by molar-refractivity contribution is 5.90. The SMILES string of the molecule is O=C(O)c1ccc([N+](=O)[O-])c(NCCC2CC2)c1. The molecule has 1 fully saturated rings. The Hall–Kier alpha value is -2.11. The number of benzene rings is 1. The van der Waals surface area contributed by atoms with Gasteiger partial charge in [0.15, 0.2) is 0 Å². The molecule has 2 rings (SSSR count). The molecule has 0 bridgehead atoms. The number of carbonyl (C=O) groups is 1. The zero-order valence-corrected chi connectivity index (χ0v) is 9.76. The molecule has 1 aromatic rings. The number of hydrogen-bond donors (Lipinski definition) is 2. The lowest BCUT2D eigenvalue weighted by Gasteiger charge is -2.07. The Labute approximate surface area is 104 Å². The van der Waals surface area contributed by atoms with Crippen molar-refractivity contribution in [1.29, 1.82) is 0 Å². The molecule has 96 valence electrons. The van der Waals surface area contributed by atoms with E-state index in [0.29, 0.717) is 6.54 Å². The van der Waals surface area contributed by atoms with Crippen LogP contribution in [0.2, 0.25) is 0 Å². The van der Waals surface area contributed by atoms with Crippen LogP contribution in [0.25, 0.3) is 0 Å². The molecule has 0 unspecified atom stereocenters. The van der Waals surface area contributed by atoms with Gasteiger partial charge in [-0.15, -0.1) is 0 Å². The third-order valence-electron chi connectivity index (χ3n) is 3.01. The van der Waals surface area contributed by atoms with Gasteiger partial charge in [0, 0.05) is 12.6 Å². The van der Waals surface area contributed by atoms with Gasteiger partial charge in [-0.2, -0.15) is 0 Å². The summed E-state index contributed by atoms with van der Waals surface area (Å²) in [7, 11) is 0. The van der Waals surface area contributed by atoms with Gasteiger partial charge in [-0.1, -0.05) is 12.8 Å². The predicted molar refractivity (Wildman–Crippen MR) is 65.9 cm³/mol. The smallest absolute Gasteiger partial charge is 0.335 e. The standard InChI is InChI=1S/C12H14N2O4/c15-12(16)9-3-4-11(14(17)18)10(7-9)13-6-5-8-1-2-8/h3-4,7-8,13H,1-2,5-6H2,(H,15,16). The van der Waals surface area contributed by atoms with Gasteiger partial charge in [-0.3, -0.25) is 10.1 Å². The molecule has 1 aliphatic carbocycles. The molecule has 18 heavy (non-hydrogen) atoms. The topological polar surface area (TPSA) is 92.5 Å². The van der Waals surface area contributed by atoms with Crippen molar-refractivity contribution < 1.29 is 14.8 Å². The van der Waals surface area contributed by atoms with Crippen LogP contribution >= 0.6 is 0 Å². The molecule has 1 aliphatic rings. The number of nitro benzene ring substituents is 1. The fraction of sp³-hybridized carbons (Fsp3) is 0.417. The predicted octanol–water partition coefficient (Wildman–Crippen LogP) is 2.51. The third-order valence-corrected chi connectivity index (χ3v) is 3.01. The van der Waals surface area contributed by atoms with E-state index in [-0.39, 0.29) is 16.9 Å². The van der Waals surface area contributed by atoms with E-state index in [1.807, 2.05) is 0 Å². The van der Waals surface area contributed by atoms with Crippen molar-refractivity contribution in [2.75, 3.05) is 11.9 Å². The number of rotatable bonds is 6. The second kappa shape index (κ2) is 5.03. The van der Waals surface area contributed by atoms with Crippen LogP contribution in [0.1, 0.15) is 29.6 Å². The monoisotopic (exact) mass is 250 g/mol. The van der Waals surface area contributed by atoms with E-state index in [1.54, 1.807) is 0 Å². The second-order valence-corrected chi connectivity index (χ2v) is 4.45. The van der Waals surface area contributed by atoms with Crippen LogP contribution in [0.3, 0.4) is 0 Å². The minimum atomic E-state index is -1.09. The number of nitro groups is 1. The van der Waals surface area contributed by atoms with Gasteiger partial charge in [0.2, 0.25) is 0 Å². The largest absolute Gasteiger partial charge is 0.478 e. The average molecular weight is 250 g/mol. The van der Waals surface area contributed by atoms with E-state index < -0.39 is 10.9 Å². The lowest BCUT2D eigenvalue weighted by atomic mass is 10.1. The number of carboxylic acids is 1. The Bertz CT molecular complexity index is 483. The first-order valence-electron chi connectivity index (χ1n) is 5.83. The average Bonchev–Trinajstić information content (AvgIpc) is 3.12. The molecule has 1 saturated carbocycles. The highest BCUT2D eigenvalue weighted by Gasteiger charge is 2.21. The maximum absolute atomic E-state index is 10.8. The van der Waals surface area contributed by atoms with E-state index in [1.165, 1.54) is 31.0 Å². The first kappa shape index (κ1) is 12.3. The van der Waals surface area contributed by atoms with Crippen molar-refractivity contribution in [3.8, 4) is 0 Å². The molecular formula is C12H14N2O4. The summed E-state index contributed by atoms with van der Waals surface area (Å²) in [4.78, 5) is 21.2. The molecule has 0 atom stereocenters. The molecule has 0 aromatic heterocycles. The van der Waals surface area contributed by atoms with E-state index in [2.05, 4.69) is 5.32 Å². The molecule has 0 saturated heterocycles. The van der Waals surface area contributed by atoms with Crippen LogP contribution < -0.4 is 5.32 Å². The van der Waals surface area contributed by atoms with Crippen LogP contribution in [-0.2, 0) is 0 Å². The molecule has 0 aliphatic heterocycles. The zero-order valence-electron chi connectivity index (χ0n) is 9.76. The van der Waals surface area contributed by atoms with Crippen molar-refractivity contribution in [3.63, 3.8) is 0 Å². The third kappa shape index (κ3) is 2.97. The Morgan fingerprint density at radius 3 is 2.78 bits per heavy atom. The van der Waals surface area contributed by atoms with Crippen LogP contribution in [0.4, 0.5) is 11.4 Å². The summed E-state index contributed by atoms with van der Waals surface area (Å²) in [5.74, 6) is -0.366. The normalized spacial score (nSPS) is 14.2. The van der Waals surface area contributed by atoms with Gasteiger partial charge in [-0.25, -0.2) is 4.79 Å². The Morgan fingerprint density at radius 2 is 2.22 bits per heavy atom. The van der Waals surface area contributed by atoms with Crippen molar-refractivity contribution in [2.45, 2.75) is 19.3 Å². The molecule has 6 nitrogen and oxygen atoms in total. The highest BCUT2D eigenvalue weighted by atomic mass is 16.6. The number of hydrogen-bond acceptors (Lipinski definition) is 4. The second-order valence-electron chi connectivity index (χ2n) is 4.45. The van der Waals surface area contributed by atoms with Gasteiger partial charge in [0.05, 0.1) is 10.5 Å². The highest BCUT2D eigenvalue weighted by Crippen LogP contribution is 2.33. The van der Waals surface area contributed by atoms with Gasteiger partial charge in [0.25, 0.3) is 5.69 Å². The molecule has 2 N–H and O–H groups in total. The van der Waals surface area contributed by atoms with Crippen molar-refractivity contribution in [1.82, 2.24) is 0 Å². The zero-order chi connectivity index (χ0) is 13.1. The van der Waals surface area contributed by atoms with Crippen LogP contribution in [-0.4, -0.2) is 22.5 Å². The molecule has 0 radical (unpaired) electrons. The summed E-state index contributed by atoms with van der Waals surface area (Å²) in [6.45, 7) is 0.634. The van der Waals surface area contributed by atoms with Gasteiger partial charge in [0.1, 0.15) is 5.69 Å². The van der Waals surface area contributed by atoms with Gasteiger partial charge < -0.3 is 10.4 Å². The summed E-state index contributed by atoms with van der Waals surface area (Å²) in [6, 6.07) is 3.78. The molecular weight excluding hydrogens is 236 g/mol. The Kier molecular flexibility index (Phi) is 3.45. The maximum atomic E-state index is 10.8. The van der Waals surface area contributed by atoms with E-state index in [9.17, 15) is 14.9 Å². The minimum absolute atomic E-state index is 0.0505. The number of nitrogens with one attached hydrogen (secondary N) is 1. The lowest BCUT2D eigenvalue weighted by molar-refractivity contribution is -0.384. The van der Waals surface area contributed by atoms with Crippen molar-refractivity contribution >= 4 is 17.3 Å². The van der Waals surface area contributed by atoms with Gasteiger partial charge in [-0.05, 0) is 24.5 Å². The molecule has 6 heteroatoms. The van der Waals surface area contributed by atoms with E-state index in [4.69, 9.17) is 5.11 Å². The number of anilines is 1. The Balaban J connectivity index is 2.13. The molecule has 0 amide bonds. The lowest BCUT2D eigenvalue weighted by Crippen LogP contribution is -2.07. The first-order valence-corrected chi connectivity index (χ1v) is 5.83. The van der Waals surface area contributed by atoms with Crippen LogP contribution in [0, 0.1) is 16.0 Å². The fourth-order valence-corrected chi connectivity index (χ4v) is 1.79.